The molecule has 0 aliphatic carbocycles. The molecule has 1 amide bonds. The van der Waals surface area contributed by atoms with Gasteiger partial charge in [-0.3, -0.25) is 9.69 Å². The third kappa shape index (κ3) is 3.58. The number of amides is 1. The van der Waals surface area contributed by atoms with E-state index in [9.17, 15) is 18.0 Å². The zero-order chi connectivity index (χ0) is 19.0. The van der Waals surface area contributed by atoms with Gasteiger partial charge in [0, 0.05) is 32.2 Å². The van der Waals surface area contributed by atoms with Crippen molar-refractivity contribution in [1.82, 2.24) is 9.80 Å². The summed E-state index contributed by atoms with van der Waals surface area (Å²) in [5.41, 5.74) is 1.55. The minimum Gasteiger partial charge on any atom is -0.337 e. The molecule has 27 heavy (non-hydrogen) atoms. The second-order valence-electron chi connectivity index (χ2n) is 7.23. The van der Waals surface area contributed by atoms with Crippen LogP contribution in [0.5, 0.6) is 0 Å². The molecule has 1 atom stereocenters. The first-order valence-corrected chi connectivity index (χ1v) is 9.20. The van der Waals surface area contributed by atoms with Crippen LogP contribution in [0.2, 0.25) is 0 Å². The number of carbonyl (C=O) groups excluding carboxylic acids is 1. The summed E-state index contributed by atoms with van der Waals surface area (Å²) in [5.74, 6) is -0.525. The molecule has 1 unspecified atom stereocenters. The van der Waals surface area contributed by atoms with Crippen LogP contribution >= 0.6 is 0 Å². The molecule has 0 bridgehead atoms. The first-order chi connectivity index (χ1) is 12.9. The molecule has 142 valence electrons. The molecular formula is C21H21F3N2O. The van der Waals surface area contributed by atoms with Gasteiger partial charge in [-0.15, -0.1) is 0 Å². The Morgan fingerprint density at radius 2 is 1.67 bits per heavy atom. The number of hydrogen-bond acceptors (Lipinski definition) is 2. The van der Waals surface area contributed by atoms with Crippen molar-refractivity contribution in [2.75, 3.05) is 19.6 Å². The number of fused-ring (bicyclic) bond motifs is 1. The number of hydrogen-bond donors (Lipinski definition) is 0. The predicted octanol–water partition coefficient (Wildman–Crippen LogP) is 3.98. The fourth-order valence-corrected chi connectivity index (χ4v) is 4.14. The Hall–Kier alpha value is -2.34. The average Bonchev–Trinajstić information content (AvgIpc) is 3.16. The van der Waals surface area contributed by atoms with E-state index >= 15 is 0 Å². The predicted molar refractivity (Wildman–Crippen MR) is 96.3 cm³/mol. The van der Waals surface area contributed by atoms with Gasteiger partial charge in [0.1, 0.15) is 0 Å². The third-order valence-corrected chi connectivity index (χ3v) is 5.59. The second-order valence-corrected chi connectivity index (χ2v) is 7.23. The van der Waals surface area contributed by atoms with Gasteiger partial charge in [0.25, 0.3) is 5.91 Å². The van der Waals surface area contributed by atoms with Gasteiger partial charge in [0.05, 0.1) is 11.1 Å². The first-order valence-electron chi connectivity index (χ1n) is 9.20. The fourth-order valence-electron chi connectivity index (χ4n) is 4.14. The van der Waals surface area contributed by atoms with E-state index in [2.05, 4.69) is 17.0 Å². The summed E-state index contributed by atoms with van der Waals surface area (Å²) in [6.45, 7) is 2.73. The second kappa shape index (κ2) is 7.00. The molecule has 0 aromatic heterocycles. The number of benzene rings is 2. The van der Waals surface area contributed by atoms with Crippen LogP contribution in [0.3, 0.4) is 0 Å². The van der Waals surface area contributed by atoms with Crippen LogP contribution in [0.1, 0.15) is 33.5 Å². The lowest BCUT2D eigenvalue weighted by molar-refractivity contribution is -0.138. The van der Waals surface area contributed by atoms with Crippen LogP contribution in [0.25, 0.3) is 0 Å². The van der Waals surface area contributed by atoms with E-state index < -0.39 is 17.6 Å². The normalized spacial score (nSPS) is 20.6. The van der Waals surface area contributed by atoms with Crippen molar-refractivity contribution in [3.05, 3.63) is 70.8 Å². The Labute approximate surface area is 156 Å². The van der Waals surface area contributed by atoms with Gasteiger partial charge >= 0.3 is 6.18 Å². The van der Waals surface area contributed by atoms with Crippen molar-refractivity contribution in [1.29, 1.82) is 0 Å². The standard InChI is InChI=1S/C21H21F3N2O/c22-21(23,24)19-8-4-3-7-18(19)20(27)26-12-10-17(14-26)25-11-9-15-5-1-2-6-16(15)13-25/h1-8,17H,9-14H2. The van der Waals surface area contributed by atoms with E-state index in [-0.39, 0.29) is 11.6 Å². The summed E-state index contributed by atoms with van der Waals surface area (Å²) in [7, 11) is 0. The maximum absolute atomic E-state index is 13.2. The number of likely N-dealkylation sites (tertiary alicyclic amines) is 1. The zero-order valence-corrected chi connectivity index (χ0v) is 14.9. The van der Waals surface area contributed by atoms with E-state index in [1.807, 2.05) is 12.1 Å². The maximum Gasteiger partial charge on any atom is 0.417 e. The van der Waals surface area contributed by atoms with Crippen molar-refractivity contribution < 1.29 is 18.0 Å². The third-order valence-electron chi connectivity index (χ3n) is 5.59. The molecule has 0 spiro atoms. The molecule has 2 heterocycles. The Balaban J connectivity index is 1.47. The molecule has 2 aliphatic rings. The van der Waals surface area contributed by atoms with Gasteiger partial charge < -0.3 is 4.90 Å². The minimum absolute atomic E-state index is 0.195. The lowest BCUT2D eigenvalue weighted by Crippen LogP contribution is -2.41. The topological polar surface area (TPSA) is 23.6 Å². The lowest BCUT2D eigenvalue weighted by Gasteiger charge is -2.33. The summed E-state index contributed by atoms with van der Waals surface area (Å²) < 4.78 is 39.7. The minimum atomic E-state index is -4.53. The lowest BCUT2D eigenvalue weighted by atomic mass is 9.98. The molecule has 0 saturated carbocycles. The number of alkyl halides is 3. The van der Waals surface area contributed by atoms with Crippen molar-refractivity contribution in [3.63, 3.8) is 0 Å². The van der Waals surface area contributed by atoms with Crippen LogP contribution in [-0.4, -0.2) is 41.4 Å². The molecular weight excluding hydrogens is 353 g/mol. The van der Waals surface area contributed by atoms with Crippen molar-refractivity contribution >= 4 is 5.91 Å². The molecule has 0 radical (unpaired) electrons. The van der Waals surface area contributed by atoms with Crippen LogP contribution in [0.15, 0.2) is 48.5 Å². The van der Waals surface area contributed by atoms with E-state index in [0.29, 0.717) is 13.1 Å². The molecule has 6 heteroatoms. The Bertz CT molecular complexity index is 849. The highest BCUT2D eigenvalue weighted by molar-refractivity contribution is 5.96. The summed E-state index contributed by atoms with van der Waals surface area (Å²) >= 11 is 0. The smallest absolute Gasteiger partial charge is 0.337 e. The van der Waals surface area contributed by atoms with E-state index in [1.165, 1.54) is 29.3 Å². The summed E-state index contributed by atoms with van der Waals surface area (Å²) in [6.07, 6.45) is -2.76. The van der Waals surface area contributed by atoms with Gasteiger partial charge in [-0.25, -0.2) is 0 Å². The number of rotatable bonds is 2. The van der Waals surface area contributed by atoms with Crippen LogP contribution in [0, 0.1) is 0 Å². The van der Waals surface area contributed by atoms with Gasteiger partial charge in [-0.05, 0) is 36.1 Å². The quantitative estimate of drug-likeness (QED) is 0.794. The molecule has 1 fully saturated rings. The molecule has 2 aliphatic heterocycles. The average molecular weight is 374 g/mol. The van der Waals surface area contributed by atoms with Gasteiger partial charge in [0.15, 0.2) is 0 Å². The molecule has 2 aromatic rings. The van der Waals surface area contributed by atoms with Crippen LogP contribution in [0.4, 0.5) is 13.2 Å². The van der Waals surface area contributed by atoms with E-state index in [1.54, 1.807) is 4.90 Å². The molecule has 3 nitrogen and oxygen atoms in total. The zero-order valence-electron chi connectivity index (χ0n) is 14.9. The SMILES string of the molecule is O=C(c1ccccc1C(F)(F)F)N1CCC(N2CCc3ccccc3C2)C1. The highest BCUT2D eigenvalue weighted by Crippen LogP contribution is 2.33. The molecule has 1 saturated heterocycles. The summed E-state index contributed by atoms with van der Waals surface area (Å²) in [4.78, 5) is 16.7. The van der Waals surface area contributed by atoms with Gasteiger partial charge in [0.2, 0.25) is 0 Å². The number of halogens is 3. The molecule has 4 rings (SSSR count). The van der Waals surface area contributed by atoms with Gasteiger partial charge in [-0.2, -0.15) is 13.2 Å². The Kier molecular flexibility index (Phi) is 4.68. The fraction of sp³-hybridized carbons (Fsp3) is 0.381. The molecule has 0 N–H and O–H groups in total. The number of nitrogens with zero attached hydrogens (tertiary/aromatic N) is 2. The number of carbonyl (C=O) groups is 1. The highest BCUT2D eigenvalue weighted by atomic mass is 19.4. The first kappa shape index (κ1) is 18.0. The van der Waals surface area contributed by atoms with Crippen molar-refractivity contribution in [2.45, 2.75) is 31.6 Å². The van der Waals surface area contributed by atoms with Crippen LogP contribution < -0.4 is 0 Å². The van der Waals surface area contributed by atoms with Crippen molar-refractivity contribution in [3.8, 4) is 0 Å². The summed E-state index contributed by atoms with van der Waals surface area (Å²) in [6, 6.07) is 13.6. The molecule has 2 aromatic carbocycles. The van der Waals surface area contributed by atoms with E-state index in [0.717, 1.165) is 32.0 Å². The van der Waals surface area contributed by atoms with Crippen LogP contribution in [-0.2, 0) is 19.1 Å². The maximum atomic E-state index is 13.2. The summed E-state index contributed by atoms with van der Waals surface area (Å²) in [5, 5.41) is 0. The highest BCUT2D eigenvalue weighted by Gasteiger charge is 2.38. The van der Waals surface area contributed by atoms with Gasteiger partial charge in [-0.1, -0.05) is 36.4 Å². The Morgan fingerprint density at radius 3 is 2.44 bits per heavy atom. The largest absolute Gasteiger partial charge is 0.417 e. The van der Waals surface area contributed by atoms with E-state index in [4.69, 9.17) is 0 Å². The Morgan fingerprint density at radius 1 is 0.963 bits per heavy atom. The van der Waals surface area contributed by atoms with Crippen molar-refractivity contribution in [2.24, 2.45) is 0 Å². The monoisotopic (exact) mass is 374 g/mol.